The van der Waals surface area contributed by atoms with Gasteiger partial charge in [-0.3, -0.25) is 59.2 Å². The normalized spacial score (nSPS) is 23.0. The first-order valence-electron chi connectivity index (χ1n) is 36.4. The van der Waals surface area contributed by atoms with Gasteiger partial charge in [-0.1, -0.05) is 115 Å². The number of hydroxylamine groups is 4. The van der Waals surface area contributed by atoms with E-state index in [4.69, 9.17) is 54.0 Å². The topological polar surface area (TPSA) is 371 Å². The summed E-state index contributed by atoms with van der Waals surface area (Å²) in [5, 5.41) is 56.9. The number of esters is 4. The maximum Gasteiger partial charge on any atom is 0.317 e. The monoisotopic (exact) mass is 1500 g/mol. The van der Waals surface area contributed by atoms with Crippen molar-refractivity contribution in [1.29, 1.82) is 0 Å². The van der Waals surface area contributed by atoms with E-state index in [0.717, 1.165) is 59.9 Å². The molecule has 25 heteroatoms. The molecule has 0 aliphatic heterocycles. The molecule has 0 saturated heterocycles. The fourth-order valence-electron chi connectivity index (χ4n) is 15.9. The maximum atomic E-state index is 12.6. The van der Waals surface area contributed by atoms with Crippen LogP contribution in [-0.2, 0) is 93.8 Å². The van der Waals surface area contributed by atoms with Gasteiger partial charge < -0.3 is 43.4 Å². The van der Waals surface area contributed by atoms with Crippen LogP contribution in [0.15, 0.2) is 182 Å². The highest BCUT2D eigenvalue weighted by Crippen LogP contribution is 2.60. The van der Waals surface area contributed by atoms with Crippen LogP contribution in [0.4, 0.5) is 0 Å². The number of phenolic OH excluding ortho intramolecular Hbond substituents is 2. The minimum absolute atomic E-state index is 0.101. The smallest absolute Gasteiger partial charge is 0.317 e. The quantitative estimate of drug-likeness (QED) is 0.0123. The van der Waals surface area contributed by atoms with Crippen LogP contribution in [0.25, 0.3) is 0 Å². The van der Waals surface area contributed by atoms with Crippen LogP contribution >= 0.6 is 0 Å². The van der Waals surface area contributed by atoms with E-state index in [1.54, 1.807) is 140 Å². The average molecular weight is 1500 g/mol. The Hall–Kier alpha value is -11.6. The molecule has 0 heterocycles. The summed E-state index contributed by atoms with van der Waals surface area (Å²) in [4.78, 5) is 97.4. The lowest BCUT2D eigenvalue weighted by Gasteiger charge is -2.27. The van der Waals surface area contributed by atoms with E-state index in [1.807, 2.05) is 67.6 Å². The van der Waals surface area contributed by atoms with E-state index in [2.05, 4.69) is 24.3 Å². The fourth-order valence-corrected chi connectivity index (χ4v) is 15.9. The first kappa shape index (κ1) is 79.4. The molecular weight excluding hydrogens is 1410 g/mol. The number of nitrogens with one attached hydrogen (secondary N) is 4. The maximum absolute atomic E-state index is 12.6. The number of methoxy groups -OCH3 is 3. The van der Waals surface area contributed by atoms with E-state index in [1.165, 1.54) is 36.5 Å². The predicted molar refractivity (Wildman–Crippen MR) is 396 cm³/mol. The van der Waals surface area contributed by atoms with E-state index in [9.17, 15) is 48.6 Å². The highest BCUT2D eigenvalue weighted by Gasteiger charge is 2.68. The van der Waals surface area contributed by atoms with Crippen LogP contribution in [0.2, 0.25) is 0 Å². The fraction of sp³-hybridized carbons (Fsp3) is 0.341. The number of ether oxygens (including phenoxy) is 7. The number of para-hydroxylation sites is 1. The van der Waals surface area contributed by atoms with Gasteiger partial charge in [0.25, 0.3) is 0 Å². The Balaban J connectivity index is 0.000000146. The lowest BCUT2D eigenvalue weighted by atomic mass is 9.78. The minimum Gasteiger partial charge on any atom is -0.508 e. The van der Waals surface area contributed by atoms with E-state index in [0.29, 0.717) is 65.6 Å². The van der Waals surface area contributed by atoms with Gasteiger partial charge in [-0.25, -0.2) is 21.9 Å². The Labute approximate surface area is 635 Å². The number of benzene rings is 8. The first-order chi connectivity index (χ1) is 53.1. The van der Waals surface area contributed by atoms with Crippen LogP contribution < -0.4 is 36.1 Å². The van der Waals surface area contributed by atoms with Crippen molar-refractivity contribution >= 4 is 47.5 Å². The molecule has 0 bridgehead atoms. The van der Waals surface area contributed by atoms with Crippen molar-refractivity contribution in [2.24, 2.45) is 34.5 Å². The Morgan fingerprint density at radius 1 is 0.418 bits per heavy atom. The molecule has 0 aromatic heterocycles. The second-order valence-corrected chi connectivity index (χ2v) is 28.4. The molecular formula is C85H90N4O21. The number of rotatable bonds is 23. The standard InChI is InChI=1S/C24H27NO5.C23H25NO5.C19H19NO6.C19H19NO5/c1-2-30-23(28)24(14-20(24)22(27)25-29)13-15-10-11-21(26)19(12-15)18-9-5-7-16-6-3-4-8-17(16)18;1-2-29-22(27)23(13-19(23)21(26)24-28)12-14-7-10-20(25)18(11-14)17-9-8-15-5-3-4-6-16(15)17;1-24-13-6-8-14(9-7-13)26-15-5-3-4-12(10-15)19(18(22)25-2)11-16(19)17(21)20-23;1-12-6-3-4-9-16(12)25-14-8-5-7-13(10-14)19(18(22)24-2)11-15(19)17(21)20-23/h3-4,6,8,10-12,18,20,26,29H,2,5,7,9,13-14H2,1H3,(H,25,27);3-7,10-11,17,19,25,28H,2,8-9,12-13H2,1H3,(H,24,26);3-10,16,23H,11H2,1-2H3,(H,20,21);3-10,15,23H,11H2,1-2H3,(H,20,21)/t18?,20-,24+;17?,19-,23+;16-,19-;15-,19-/m1100/s1. The molecule has 6 aliphatic carbocycles. The number of aromatic hydroxyl groups is 2. The molecule has 25 nitrogen and oxygen atoms in total. The van der Waals surface area contributed by atoms with Crippen molar-refractivity contribution in [1.82, 2.24) is 21.9 Å². The van der Waals surface area contributed by atoms with Gasteiger partial charge in [0.1, 0.15) is 51.1 Å². The van der Waals surface area contributed by atoms with Gasteiger partial charge in [0.2, 0.25) is 23.6 Å². The second kappa shape index (κ2) is 34.3. The summed E-state index contributed by atoms with van der Waals surface area (Å²) in [6, 6.07) is 56.0. The number of hydrogen-bond donors (Lipinski definition) is 10. The molecule has 2 unspecified atom stereocenters. The third-order valence-corrected chi connectivity index (χ3v) is 22.0. The highest BCUT2D eigenvalue weighted by molar-refractivity contribution is 5.99. The number of aryl methyl sites for hydroxylation is 3. The number of carbonyl (C=O) groups excluding carboxylic acids is 8. The molecule has 10 N–H and O–H groups in total. The van der Waals surface area contributed by atoms with Crippen LogP contribution in [-0.4, -0.2) is 113 Å². The largest absolute Gasteiger partial charge is 0.508 e. The van der Waals surface area contributed by atoms with Gasteiger partial charge in [-0.05, 0) is 208 Å². The zero-order valence-electron chi connectivity index (χ0n) is 61.8. The van der Waals surface area contributed by atoms with Gasteiger partial charge in [-0.15, -0.1) is 0 Å². The summed E-state index contributed by atoms with van der Waals surface area (Å²) in [5.41, 5.74) is 13.1. The van der Waals surface area contributed by atoms with Gasteiger partial charge in [0.15, 0.2) is 0 Å². The Bertz CT molecular complexity index is 4740. The molecule has 14 rings (SSSR count). The summed E-state index contributed by atoms with van der Waals surface area (Å²) in [5.74, 6) is -2.99. The van der Waals surface area contributed by atoms with Crippen LogP contribution in [0.5, 0.6) is 40.2 Å². The molecule has 6 aliphatic rings. The van der Waals surface area contributed by atoms with Crippen molar-refractivity contribution in [2.45, 2.75) is 114 Å². The highest BCUT2D eigenvalue weighted by atomic mass is 16.5. The molecule has 576 valence electrons. The van der Waals surface area contributed by atoms with Gasteiger partial charge in [0, 0.05) is 23.0 Å². The van der Waals surface area contributed by atoms with E-state index >= 15 is 0 Å². The van der Waals surface area contributed by atoms with Crippen molar-refractivity contribution < 1.29 is 103 Å². The number of hydrogen-bond acceptors (Lipinski definition) is 21. The Morgan fingerprint density at radius 2 is 0.845 bits per heavy atom. The zero-order valence-corrected chi connectivity index (χ0v) is 61.8. The first-order valence-corrected chi connectivity index (χ1v) is 36.4. The summed E-state index contributed by atoms with van der Waals surface area (Å²) in [6.07, 6.45) is 6.79. The lowest BCUT2D eigenvalue weighted by Crippen LogP contribution is -2.31. The molecule has 0 radical (unpaired) electrons. The van der Waals surface area contributed by atoms with Gasteiger partial charge in [0.05, 0.1) is 69.0 Å². The SMILES string of the molecule is CCOC(=O)[C@@]1(Cc2ccc(O)c(C3CCCc4ccccc43)c2)C[C@@H]1C(=O)NO.CCOC(=O)[C@@]1(Cc2ccc(O)c(C3CCc4ccccc43)c2)C[C@@H]1C(=O)NO.COC(=O)[C@]1(c2cccc(Oc3ccc(OC)cc3)c2)C[C@H]1C(=O)NO.COC(=O)[C@]1(c2cccc(Oc3ccccc3C)c2)C[C@H]1C(=O)NO. The van der Waals surface area contributed by atoms with Gasteiger partial charge in [-0.2, -0.15) is 0 Å². The molecule has 4 fully saturated rings. The Morgan fingerprint density at radius 3 is 1.30 bits per heavy atom. The number of carbonyl (C=O) groups is 8. The van der Waals surface area contributed by atoms with E-state index in [-0.39, 0.29) is 49.4 Å². The average Bonchev–Trinajstić information content (AvgIpc) is 1.59. The third-order valence-electron chi connectivity index (χ3n) is 22.0. The molecule has 4 saturated carbocycles. The Kier molecular flexibility index (Phi) is 24.8. The number of fused-ring (bicyclic) bond motifs is 2. The minimum atomic E-state index is -1.11. The summed E-state index contributed by atoms with van der Waals surface area (Å²) in [6.45, 7) is 5.86. The summed E-state index contributed by atoms with van der Waals surface area (Å²) in [7, 11) is 4.14. The molecule has 4 amide bonds. The van der Waals surface area contributed by atoms with Crippen LogP contribution in [0.1, 0.15) is 132 Å². The van der Waals surface area contributed by atoms with Gasteiger partial charge >= 0.3 is 23.9 Å². The zero-order chi connectivity index (χ0) is 78.7. The molecule has 8 aromatic rings. The van der Waals surface area contributed by atoms with Crippen molar-refractivity contribution in [2.75, 3.05) is 34.5 Å². The van der Waals surface area contributed by atoms with Crippen LogP contribution in [0.3, 0.4) is 0 Å². The third kappa shape index (κ3) is 16.5. The van der Waals surface area contributed by atoms with Crippen molar-refractivity contribution in [3.8, 4) is 40.2 Å². The van der Waals surface area contributed by atoms with Crippen molar-refractivity contribution in [3.05, 3.63) is 243 Å². The lowest BCUT2D eigenvalue weighted by molar-refractivity contribution is -0.152. The van der Waals surface area contributed by atoms with Crippen LogP contribution in [0, 0.1) is 41.4 Å². The summed E-state index contributed by atoms with van der Waals surface area (Å²) >= 11 is 0. The number of amides is 4. The molecule has 8 aromatic carbocycles. The predicted octanol–water partition coefficient (Wildman–Crippen LogP) is 11.7. The second-order valence-electron chi connectivity index (χ2n) is 28.4. The van der Waals surface area contributed by atoms with Crippen molar-refractivity contribution in [3.63, 3.8) is 0 Å². The molecule has 0 spiro atoms. The van der Waals surface area contributed by atoms with E-state index < -0.39 is 92.8 Å². The number of phenols is 2. The summed E-state index contributed by atoms with van der Waals surface area (Å²) < 4.78 is 37.1. The molecule has 110 heavy (non-hydrogen) atoms. The molecule has 10 atom stereocenters.